The van der Waals surface area contributed by atoms with Crippen LogP contribution in [0.3, 0.4) is 0 Å². The van der Waals surface area contributed by atoms with Gasteiger partial charge in [-0.3, -0.25) is 4.79 Å². The van der Waals surface area contributed by atoms with Crippen molar-refractivity contribution in [2.45, 2.75) is 13.0 Å². The molecule has 2 N–H and O–H groups in total. The Bertz CT molecular complexity index is 416. The van der Waals surface area contributed by atoms with Crippen LogP contribution in [0.25, 0.3) is 0 Å². The van der Waals surface area contributed by atoms with Crippen molar-refractivity contribution in [2.75, 3.05) is 32.8 Å². The number of morpholine rings is 1. The summed E-state index contributed by atoms with van der Waals surface area (Å²) in [5.74, 6) is 0.0827. The van der Waals surface area contributed by atoms with E-state index in [2.05, 4.69) is 5.32 Å². The van der Waals surface area contributed by atoms with Crippen molar-refractivity contribution in [1.29, 1.82) is 0 Å². The molecule has 0 radical (unpaired) electrons. The quantitative estimate of drug-likeness (QED) is 0.842. The first-order chi connectivity index (χ1) is 9.15. The molecule has 1 heterocycles. The fraction of sp³-hybridized carbons (Fsp3) is 0.500. The molecular formula is C14H20ClN2O2+. The van der Waals surface area contributed by atoms with E-state index in [1.807, 2.05) is 31.2 Å². The molecule has 0 unspecified atom stereocenters. The molecule has 1 fully saturated rings. The van der Waals surface area contributed by atoms with Gasteiger partial charge in [-0.25, -0.2) is 0 Å². The third-order valence-electron chi connectivity index (χ3n) is 3.36. The molecule has 0 aliphatic carbocycles. The first-order valence-corrected chi connectivity index (χ1v) is 6.99. The van der Waals surface area contributed by atoms with E-state index >= 15 is 0 Å². The molecule has 0 bridgehead atoms. The van der Waals surface area contributed by atoms with E-state index in [9.17, 15) is 4.79 Å². The minimum absolute atomic E-state index is 0.00482. The molecule has 1 aromatic carbocycles. The number of rotatable bonds is 4. The largest absolute Gasteiger partial charge is 0.370 e. The second-order valence-corrected chi connectivity index (χ2v) is 5.32. The highest BCUT2D eigenvalue weighted by molar-refractivity contribution is 6.30. The first-order valence-electron chi connectivity index (χ1n) is 6.61. The van der Waals surface area contributed by atoms with Gasteiger partial charge < -0.3 is 15.0 Å². The molecule has 19 heavy (non-hydrogen) atoms. The first kappa shape index (κ1) is 14.3. The number of ether oxygens (including phenoxy) is 1. The molecule has 1 aliphatic heterocycles. The third kappa shape index (κ3) is 4.49. The van der Waals surface area contributed by atoms with Gasteiger partial charge in [0.15, 0.2) is 6.54 Å². The topological polar surface area (TPSA) is 42.8 Å². The maximum Gasteiger partial charge on any atom is 0.275 e. The van der Waals surface area contributed by atoms with E-state index in [1.54, 1.807) is 0 Å². The molecule has 0 spiro atoms. The van der Waals surface area contributed by atoms with E-state index in [0.29, 0.717) is 11.6 Å². The molecule has 0 aromatic heterocycles. The number of nitrogens with one attached hydrogen (secondary N) is 2. The van der Waals surface area contributed by atoms with Crippen molar-refractivity contribution < 1.29 is 14.4 Å². The predicted molar refractivity (Wildman–Crippen MR) is 74.4 cm³/mol. The van der Waals surface area contributed by atoms with Gasteiger partial charge in [0.1, 0.15) is 13.1 Å². The number of benzene rings is 1. The highest BCUT2D eigenvalue weighted by Crippen LogP contribution is 2.15. The monoisotopic (exact) mass is 283 g/mol. The van der Waals surface area contributed by atoms with E-state index in [1.165, 1.54) is 4.90 Å². The molecule has 5 heteroatoms. The molecule has 104 valence electrons. The molecule has 1 atom stereocenters. The number of hydrogen-bond acceptors (Lipinski definition) is 2. The summed E-state index contributed by atoms with van der Waals surface area (Å²) < 4.78 is 5.28. The molecule has 1 aromatic rings. The maximum absolute atomic E-state index is 12.0. The molecule has 1 amide bonds. The van der Waals surface area contributed by atoms with E-state index in [4.69, 9.17) is 16.3 Å². The van der Waals surface area contributed by atoms with Gasteiger partial charge in [0, 0.05) is 5.02 Å². The second kappa shape index (κ2) is 6.89. The Labute approximate surface area is 118 Å². The number of carbonyl (C=O) groups excluding carboxylic acids is 1. The van der Waals surface area contributed by atoms with Gasteiger partial charge in [-0.1, -0.05) is 23.7 Å². The molecular weight excluding hydrogens is 264 g/mol. The average Bonchev–Trinajstić information content (AvgIpc) is 2.40. The summed E-state index contributed by atoms with van der Waals surface area (Å²) >= 11 is 5.85. The summed E-state index contributed by atoms with van der Waals surface area (Å²) in [6.45, 7) is 5.80. The van der Waals surface area contributed by atoms with Crippen molar-refractivity contribution in [3.63, 3.8) is 0 Å². The number of carbonyl (C=O) groups is 1. The summed E-state index contributed by atoms with van der Waals surface area (Å²) in [5.41, 5.74) is 1.06. The number of hydrogen-bond donors (Lipinski definition) is 2. The number of amides is 1. The lowest BCUT2D eigenvalue weighted by atomic mass is 10.1. The fourth-order valence-corrected chi connectivity index (χ4v) is 2.32. The molecule has 2 rings (SSSR count). The normalized spacial score (nSPS) is 18.0. The van der Waals surface area contributed by atoms with Crippen molar-refractivity contribution in [3.8, 4) is 0 Å². The lowest BCUT2D eigenvalue weighted by molar-refractivity contribution is -0.900. The van der Waals surface area contributed by atoms with Gasteiger partial charge >= 0.3 is 0 Å². The summed E-state index contributed by atoms with van der Waals surface area (Å²) in [6, 6.07) is 7.56. The van der Waals surface area contributed by atoms with Gasteiger partial charge in [0.2, 0.25) is 0 Å². The van der Waals surface area contributed by atoms with E-state index in [0.717, 1.165) is 31.9 Å². The molecule has 0 saturated carbocycles. The van der Waals surface area contributed by atoms with Crippen LogP contribution >= 0.6 is 11.6 Å². The van der Waals surface area contributed by atoms with Crippen LogP contribution in [-0.2, 0) is 9.53 Å². The Kier molecular flexibility index (Phi) is 5.19. The lowest BCUT2D eigenvalue weighted by Crippen LogP contribution is -3.15. The summed E-state index contributed by atoms with van der Waals surface area (Å²) in [4.78, 5) is 13.2. The van der Waals surface area contributed by atoms with Crippen LogP contribution in [0.1, 0.15) is 18.5 Å². The SMILES string of the molecule is C[C@H](NC(=O)C[NH+]1CCOCC1)c1ccc(Cl)cc1. The van der Waals surface area contributed by atoms with Gasteiger partial charge in [0.25, 0.3) is 5.91 Å². The highest BCUT2D eigenvalue weighted by atomic mass is 35.5. The van der Waals surface area contributed by atoms with Crippen LogP contribution in [-0.4, -0.2) is 38.8 Å². The molecule has 1 saturated heterocycles. The smallest absolute Gasteiger partial charge is 0.275 e. The minimum atomic E-state index is 0.00482. The third-order valence-corrected chi connectivity index (χ3v) is 3.61. The van der Waals surface area contributed by atoms with Crippen molar-refractivity contribution in [1.82, 2.24) is 5.32 Å². The highest BCUT2D eigenvalue weighted by Gasteiger charge is 2.18. The minimum Gasteiger partial charge on any atom is -0.370 e. The summed E-state index contributed by atoms with van der Waals surface area (Å²) in [7, 11) is 0. The van der Waals surface area contributed by atoms with Crippen LogP contribution in [0.15, 0.2) is 24.3 Å². The maximum atomic E-state index is 12.0. The van der Waals surface area contributed by atoms with Crippen molar-refractivity contribution in [3.05, 3.63) is 34.9 Å². The van der Waals surface area contributed by atoms with Gasteiger partial charge in [0.05, 0.1) is 19.3 Å². The Balaban J connectivity index is 1.82. The standard InChI is InChI=1S/C14H19ClN2O2/c1-11(12-2-4-13(15)5-3-12)16-14(18)10-17-6-8-19-9-7-17/h2-5,11H,6-10H2,1H3,(H,16,18)/p+1/t11-/m0/s1. The van der Waals surface area contributed by atoms with Crippen LogP contribution in [0.2, 0.25) is 5.02 Å². The fourth-order valence-electron chi connectivity index (χ4n) is 2.19. The lowest BCUT2D eigenvalue weighted by Gasteiger charge is -2.24. The van der Waals surface area contributed by atoms with Crippen LogP contribution in [0.4, 0.5) is 0 Å². The zero-order valence-corrected chi connectivity index (χ0v) is 11.9. The van der Waals surface area contributed by atoms with E-state index < -0.39 is 0 Å². The van der Waals surface area contributed by atoms with Crippen LogP contribution in [0.5, 0.6) is 0 Å². The molecule has 4 nitrogen and oxygen atoms in total. The van der Waals surface area contributed by atoms with Gasteiger partial charge in [-0.15, -0.1) is 0 Å². The zero-order chi connectivity index (χ0) is 13.7. The Morgan fingerprint density at radius 2 is 2.00 bits per heavy atom. The van der Waals surface area contributed by atoms with Crippen molar-refractivity contribution >= 4 is 17.5 Å². The Morgan fingerprint density at radius 1 is 1.37 bits per heavy atom. The zero-order valence-electron chi connectivity index (χ0n) is 11.1. The summed E-state index contributed by atoms with van der Waals surface area (Å²) in [5, 5.41) is 3.73. The number of halogens is 1. The van der Waals surface area contributed by atoms with Gasteiger partial charge in [-0.2, -0.15) is 0 Å². The van der Waals surface area contributed by atoms with Crippen LogP contribution < -0.4 is 10.2 Å². The average molecular weight is 284 g/mol. The summed E-state index contributed by atoms with van der Waals surface area (Å²) in [6.07, 6.45) is 0. The Morgan fingerprint density at radius 3 is 2.63 bits per heavy atom. The number of quaternary nitrogens is 1. The second-order valence-electron chi connectivity index (χ2n) is 4.88. The predicted octanol–water partition coefficient (Wildman–Crippen LogP) is 0.432. The Hall–Kier alpha value is -1.10. The molecule has 1 aliphatic rings. The van der Waals surface area contributed by atoms with Crippen molar-refractivity contribution in [2.24, 2.45) is 0 Å². The van der Waals surface area contributed by atoms with Crippen LogP contribution in [0, 0.1) is 0 Å². The van der Waals surface area contributed by atoms with E-state index in [-0.39, 0.29) is 11.9 Å². The van der Waals surface area contributed by atoms with Gasteiger partial charge in [-0.05, 0) is 24.6 Å².